The number of hydrogen-bond donors (Lipinski definition) is 1. The van der Waals surface area contributed by atoms with Crippen LogP contribution in [-0.2, 0) is 11.3 Å². The maximum atomic E-state index is 12.7. The predicted molar refractivity (Wildman–Crippen MR) is 110 cm³/mol. The van der Waals surface area contributed by atoms with Gasteiger partial charge in [-0.05, 0) is 43.2 Å². The molecule has 0 unspecified atom stereocenters. The second-order valence-electron chi connectivity index (χ2n) is 6.55. The highest BCUT2D eigenvalue weighted by Gasteiger charge is 2.15. The Morgan fingerprint density at radius 3 is 2.71 bits per heavy atom. The molecule has 9 heteroatoms. The first-order valence-electron chi connectivity index (χ1n) is 8.76. The number of hydrogen-bond acceptors (Lipinski definition) is 5. The van der Waals surface area contributed by atoms with Gasteiger partial charge >= 0.3 is 0 Å². The van der Waals surface area contributed by atoms with E-state index in [1.54, 1.807) is 34.9 Å². The fourth-order valence-electron chi connectivity index (χ4n) is 3.31. The summed E-state index contributed by atoms with van der Waals surface area (Å²) in [4.78, 5) is 20.1. The molecule has 3 heterocycles. The number of aryl methyl sites for hydroxylation is 2. The van der Waals surface area contributed by atoms with Crippen molar-refractivity contribution in [1.82, 2.24) is 29.5 Å². The number of halogens is 1. The lowest BCUT2D eigenvalue weighted by atomic mass is 10.1. The number of rotatable bonds is 5. The zero-order valence-corrected chi connectivity index (χ0v) is 17.3. The minimum atomic E-state index is -0.238. The molecule has 0 saturated carbocycles. The average molecular weight is 443 g/mol. The summed E-state index contributed by atoms with van der Waals surface area (Å²) in [7, 11) is 1.63. The number of fused-ring (bicyclic) bond motifs is 1. The molecule has 144 valence electrons. The van der Waals surface area contributed by atoms with E-state index in [0.717, 1.165) is 21.3 Å². The van der Waals surface area contributed by atoms with Crippen molar-refractivity contribution in [2.24, 2.45) is 0 Å². The Bertz CT molecular complexity index is 1200. The van der Waals surface area contributed by atoms with E-state index in [4.69, 9.17) is 4.74 Å². The van der Waals surface area contributed by atoms with Crippen LogP contribution in [0.5, 0.6) is 0 Å². The smallest absolute Gasteiger partial charge is 0.262 e. The monoisotopic (exact) mass is 442 g/mol. The molecule has 0 spiro atoms. The van der Waals surface area contributed by atoms with Crippen molar-refractivity contribution >= 4 is 27.0 Å². The van der Waals surface area contributed by atoms with Crippen LogP contribution >= 0.6 is 15.9 Å². The highest BCUT2D eigenvalue weighted by atomic mass is 79.9. The van der Waals surface area contributed by atoms with Crippen LogP contribution in [0.15, 0.2) is 39.9 Å². The van der Waals surface area contributed by atoms with Gasteiger partial charge in [0.05, 0.1) is 18.8 Å². The number of benzene rings is 1. The zero-order chi connectivity index (χ0) is 19.8. The number of H-pyrrole nitrogens is 1. The van der Waals surface area contributed by atoms with Crippen LogP contribution in [0.3, 0.4) is 0 Å². The number of methoxy groups -OCH3 is 1. The first kappa shape index (κ1) is 18.6. The predicted octanol–water partition coefficient (Wildman–Crippen LogP) is 3.00. The van der Waals surface area contributed by atoms with Crippen LogP contribution in [0.2, 0.25) is 0 Å². The van der Waals surface area contributed by atoms with Crippen molar-refractivity contribution in [1.29, 1.82) is 0 Å². The van der Waals surface area contributed by atoms with Crippen molar-refractivity contribution in [3.8, 4) is 17.2 Å². The topological polar surface area (TPSA) is 90.6 Å². The minimum Gasteiger partial charge on any atom is -0.383 e. The Labute approximate surface area is 169 Å². The molecule has 0 aliphatic heterocycles. The van der Waals surface area contributed by atoms with Gasteiger partial charge in [0.15, 0.2) is 11.5 Å². The van der Waals surface area contributed by atoms with Gasteiger partial charge in [-0.1, -0.05) is 15.9 Å². The maximum Gasteiger partial charge on any atom is 0.262 e. The second kappa shape index (κ2) is 7.33. The van der Waals surface area contributed by atoms with Gasteiger partial charge in [-0.2, -0.15) is 5.10 Å². The van der Waals surface area contributed by atoms with E-state index < -0.39 is 0 Å². The fraction of sp³-hybridized carbons (Fsp3) is 0.263. The molecule has 0 aliphatic carbocycles. The lowest BCUT2D eigenvalue weighted by molar-refractivity contribution is 0.184. The van der Waals surface area contributed by atoms with E-state index in [1.165, 1.54) is 0 Å². The van der Waals surface area contributed by atoms with E-state index >= 15 is 0 Å². The molecular weight excluding hydrogens is 424 g/mol. The molecule has 0 amide bonds. The first-order valence-corrected chi connectivity index (χ1v) is 9.55. The van der Waals surface area contributed by atoms with Gasteiger partial charge in [0.2, 0.25) is 0 Å². The summed E-state index contributed by atoms with van der Waals surface area (Å²) in [6.07, 6.45) is 3.39. The number of nitrogens with one attached hydrogen (secondary N) is 1. The average Bonchev–Trinajstić information content (AvgIpc) is 3.25. The summed E-state index contributed by atoms with van der Waals surface area (Å²) in [6.45, 7) is 5.10. The Morgan fingerprint density at radius 2 is 2.00 bits per heavy atom. The van der Waals surface area contributed by atoms with Gasteiger partial charge in [-0.25, -0.2) is 9.67 Å². The Morgan fingerprint density at radius 1 is 1.25 bits per heavy atom. The van der Waals surface area contributed by atoms with E-state index in [-0.39, 0.29) is 5.56 Å². The Balaban J connectivity index is 1.84. The summed E-state index contributed by atoms with van der Waals surface area (Å²) in [5.74, 6) is 0.431. The summed E-state index contributed by atoms with van der Waals surface area (Å²) in [6, 6.07) is 5.85. The SMILES string of the molecule is COCCn1nccc1-c1nc2nn(-c3c(C)cc(Br)cc3C)cc2c(=O)[nH]1. The molecule has 8 nitrogen and oxygen atoms in total. The third-order valence-electron chi connectivity index (χ3n) is 4.54. The molecular formula is C19H19BrN6O2. The summed E-state index contributed by atoms with van der Waals surface area (Å²) < 4.78 is 9.58. The molecule has 4 aromatic rings. The summed E-state index contributed by atoms with van der Waals surface area (Å²) in [5.41, 5.74) is 3.90. The van der Waals surface area contributed by atoms with Crippen molar-refractivity contribution in [2.75, 3.05) is 13.7 Å². The third-order valence-corrected chi connectivity index (χ3v) is 5.00. The normalized spacial score (nSPS) is 11.4. The molecule has 1 aromatic carbocycles. The van der Waals surface area contributed by atoms with E-state index in [0.29, 0.717) is 35.7 Å². The van der Waals surface area contributed by atoms with Gasteiger partial charge in [0.1, 0.15) is 11.1 Å². The Hall–Kier alpha value is -2.78. The van der Waals surface area contributed by atoms with E-state index in [1.807, 2.05) is 26.0 Å². The molecule has 0 bridgehead atoms. The summed E-state index contributed by atoms with van der Waals surface area (Å²) >= 11 is 3.51. The first-order chi connectivity index (χ1) is 13.5. The van der Waals surface area contributed by atoms with Crippen molar-refractivity contribution in [3.05, 3.63) is 56.5 Å². The molecule has 0 aliphatic rings. The maximum absolute atomic E-state index is 12.7. The van der Waals surface area contributed by atoms with Crippen LogP contribution in [0.25, 0.3) is 28.2 Å². The van der Waals surface area contributed by atoms with Gasteiger partial charge in [0, 0.05) is 24.0 Å². The quantitative estimate of drug-likeness (QED) is 0.512. The van der Waals surface area contributed by atoms with Crippen molar-refractivity contribution in [3.63, 3.8) is 0 Å². The highest BCUT2D eigenvalue weighted by Crippen LogP contribution is 2.25. The molecule has 1 N–H and O–H groups in total. The van der Waals surface area contributed by atoms with Crippen molar-refractivity contribution < 1.29 is 4.74 Å². The van der Waals surface area contributed by atoms with Crippen LogP contribution in [0.1, 0.15) is 11.1 Å². The minimum absolute atomic E-state index is 0.238. The van der Waals surface area contributed by atoms with Gasteiger partial charge < -0.3 is 9.72 Å². The largest absolute Gasteiger partial charge is 0.383 e. The van der Waals surface area contributed by atoms with Gasteiger partial charge in [0.25, 0.3) is 5.56 Å². The lowest BCUT2D eigenvalue weighted by Gasteiger charge is -2.10. The highest BCUT2D eigenvalue weighted by molar-refractivity contribution is 9.10. The van der Waals surface area contributed by atoms with E-state index in [2.05, 4.69) is 36.1 Å². The standard InChI is InChI=1S/C19H19BrN6O2/c1-11-8-13(20)9-12(2)16(11)26-10-14-17(24-26)22-18(23-19(14)27)15-4-5-21-25(15)6-7-28-3/h4-5,8-10H,6-7H2,1-3H3,(H,22,23,24,27). The van der Waals surface area contributed by atoms with E-state index in [9.17, 15) is 4.79 Å². The second-order valence-corrected chi connectivity index (χ2v) is 7.46. The number of aromatic nitrogens is 6. The fourth-order valence-corrected chi connectivity index (χ4v) is 3.99. The van der Waals surface area contributed by atoms with Gasteiger partial charge in [-0.15, -0.1) is 5.10 Å². The van der Waals surface area contributed by atoms with Crippen LogP contribution < -0.4 is 5.56 Å². The molecule has 0 saturated heterocycles. The molecule has 28 heavy (non-hydrogen) atoms. The molecule has 0 atom stereocenters. The zero-order valence-electron chi connectivity index (χ0n) is 15.7. The van der Waals surface area contributed by atoms with Gasteiger partial charge in [-0.3, -0.25) is 9.48 Å². The Kier molecular flexibility index (Phi) is 4.86. The molecule has 3 aromatic heterocycles. The molecule has 4 rings (SSSR count). The summed E-state index contributed by atoms with van der Waals surface area (Å²) in [5, 5.41) is 9.28. The number of nitrogens with zero attached hydrogens (tertiary/aromatic N) is 5. The van der Waals surface area contributed by atoms with Crippen molar-refractivity contribution in [2.45, 2.75) is 20.4 Å². The number of aromatic amines is 1. The van der Waals surface area contributed by atoms with Crippen LogP contribution in [0.4, 0.5) is 0 Å². The molecule has 0 radical (unpaired) electrons. The van der Waals surface area contributed by atoms with Crippen LogP contribution in [-0.4, -0.2) is 43.2 Å². The lowest BCUT2D eigenvalue weighted by Crippen LogP contribution is -2.12. The van der Waals surface area contributed by atoms with Crippen LogP contribution in [0, 0.1) is 13.8 Å². The third kappa shape index (κ3) is 3.27. The molecule has 0 fully saturated rings. The number of ether oxygens (including phenoxy) is 1.